The molecule has 0 bridgehead atoms. The van der Waals surface area contributed by atoms with Crippen molar-refractivity contribution in [2.24, 2.45) is 5.73 Å². The number of benzene rings is 1. The fraction of sp³-hybridized carbons (Fsp3) is 0.400. The zero-order valence-electron chi connectivity index (χ0n) is 15.5. The van der Waals surface area contributed by atoms with E-state index in [4.69, 9.17) is 5.73 Å². The molecule has 1 saturated carbocycles. The molecule has 1 aliphatic rings. The number of primary amides is 1. The van der Waals surface area contributed by atoms with Gasteiger partial charge in [0.05, 0.1) is 5.52 Å². The fourth-order valence-corrected chi connectivity index (χ4v) is 4.02. The molecule has 2 atom stereocenters. The predicted octanol–water partition coefficient (Wildman–Crippen LogP) is 3.16. The van der Waals surface area contributed by atoms with E-state index >= 15 is 0 Å². The van der Waals surface area contributed by atoms with E-state index in [1.54, 1.807) is 0 Å². The molecule has 28 heavy (non-hydrogen) atoms. The van der Waals surface area contributed by atoms with Crippen LogP contribution < -0.4 is 11.1 Å². The number of aryl methyl sites for hydroxylation is 1. The number of amides is 2. The SMILES string of the molecule is CC#CC(=O)N[C@@H]1CCC[C@H](c2c(F)c(F)c(C(N)=O)c3[nH]c(C)c(F)c23)C1. The average molecular weight is 391 g/mol. The van der Waals surface area contributed by atoms with Crippen LogP contribution in [0.2, 0.25) is 0 Å². The number of nitrogens with one attached hydrogen (secondary N) is 2. The molecule has 1 aromatic carbocycles. The summed E-state index contributed by atoms with van der Waals surface area (Å²) in [6.07, 6.45) is 2.11. The first-order valence-electron chi connectivity index (χ1n) is 8.97. The number of carbonyl (C=O) groups is 2. The molecule has 1 aliphatic carbocycles. The van der Waals surface area contributed by atoms with Crippen LogP contribution in [-0.2, 0) is 4.79 Å². The second-order valence-electron chi connectivity index (χ2n) is 7.00. The van der Waals surface area contributed by atoms with Crippen molar-refractivity contribution in [1.82, 2.24) is 10.3 Å². The molecule has 1 aromatic heterocycles. The van der Waals surface area contributed by atoms with Crippen molar-refractivity contribution in [2.45, 2.75) is 51.5 Å². The van der Waals surface area contributed by atoms with E-state index in [-0.39, 0.29) is 28.2 Å². The summed E-state index contributed by atoms with van der Waals surface area (Å²) in [4.78, 5) is 26.0. The maximum absolute atomic E-state index is 15.0. The van der Waals surface area contributed by atoms with Gasteiger partial charge in [-0.25, -0.2) is 13.2 Å². The number of carbonyl (C=O) groups excluding carboxylic acids is 2. The summed E-state index contributed by atoms with van der Waals surface area (Å²) in [5.41, 5.74) is 4.30. The van der Waals surface area contributed by atoms with Crippen LogP contribution in [0.4, 0.5) is 13.2 Å². The standard InChI is InChI=1S/C20H20F3N3O2/c1-3-5-12(27)26-11-7-4-6-10(8-11)13-14-16(21)9(2)25-19(14)15(20(24)28)18(23)17(13)22/h10-11,25H,4,6-8H2,1-2H3,(H2,24,28)(H,26,27)/t10-,11+/m0/s1. The van der Waals surface area contributed by atoms with Crippen LogP contribution in [0.3, 0.4) is 0 Å². The number of aromatic amines is 1. The zero-order valence-corrected chi connectivity index (χ0v) is 15.5. The van der Waals surface area contributed by atoms with Gasteiger partial charge in [0.25, 0.3) is 11.8 Å². The number of hydrogen-bond acceptors (Lipinski definition) is 2. The topological polar surface area (TPSA) is 88.0 Å². The highest BCUT2D eigenvalue weighted by Crippen LogP contribution is 2.41. The minimum absolute atomic E-state index is 0.0580. The summed E-state index contributed by atoms with van der Waals surface area (Å²) in [5, 5.41) is 2.59. The lowest BCUT2D eigenvalue weighted by atomic mass is 9.79. The first kappa shape index (κ1) is 19.8. The molecule has 4 N–H and O–H groups in total. The van der Waals surface area contributed by atoms with Gasteiger partial charge in [0, 0.05) is 22.7 Å². The Morgan fingerprint density at radius 3 is 2.54 bits per heavy atom. The molecule has 1 heterocycles. The summed E-state index contributed by atoms with van der Waals surface area (Å²) in [7, 11) is 0. The van der Waals surface area contributed by atoms with E-state index in [2.05, 4.69) is 22.1 Å². The van der Waals surface area contributed by atoms with Gasteiger partial charge in [-0.1, -0.05) is 12.3 Å². The quantitative estimate of drug-likeness (QED) is 0.702. The third-order valence-electron chi connectivity index (χ3n) is 5.18. The Morgan fingerprint density at radius 1 is 1.18 bits per heavy atom. The van der Waals surface area contributed by atoms with E-state index in [1.165, 1.54) is 13.8 Å². The molecule has 3 rings (SSSR count). The number of H-pyrrole nitrogens is 1. The van der Waals surface area contributed by atoms with Gasteiger partial charge < -0.3 is 16.0 Å². The Hall–Kier alpha value is -2.95. The minimum atomic E-state index is -1.39. The largest absolute Gasteiger partial charge is 0.365 e. The summed E-state index contributed by atoms with van der Waals surface area (Å²) in [6, 6.07) is -0.288. The molecule has 148 valence electrons. The lowest BCUT2D eigenvalue weighted by Gasteiger charge is -2.30. The van der Waals surface area contributed by atoms with Gasteiger partial charge >= 0.3 is 0 Å². The molecule has 0 saturated heterocycles. The molecule has 1 fully saturated rings. The van der Waals surface area contributed by atoms with Crippen molar-refractivity contribution in [3.05, 3.63) is 34.3 Å². The molecule has 5 nitrogen and oxygen atoms in total. The number of fused-ring (bicyclic) bond motifs is 1. The number of halogens is 3. The number of rotatable bonds is 3. The molecule has 2 aromatic rings. The zero-order chi connectivity index (χ0) is 20.6. The first-order valence-corrected chi connectivity index (χ1v) is 8.97. The Morgan fingerprint density at radius 2 is 1.89 bits per heavy atom. The summed E-state index contributed by atoms with van der Waals surface area (Å²) >= 11 is 0. The Kier molecular flexibility index (Phi) is 5.36. The smallest absolute Gasteiger partial charge is 0.296 e. The monoisotopic (exact) mass is 391 g/mol. The number of hydrogen-bond donors (Lipinski definition) is 3. The summed E-state index contributed by atoms with van der Waals surface area (Å²) in [5.74, 6) is -0.683. The highest BCUT2D eigenvalue weighted by atomic mass is 19.2. The van der Waals surface area contributed by atoms with Crippen LogP contribution in [0.1, 0.15) is 60.1 Å². The van der Waals surface area contributed by atoms with Gasteiger partial charge in [0.1, 0.15) is 5.56 Å². The Labute approximate surface area is 159 Å². The normalized spacial score (nSPS) is 19.2. The highest BCUT2D eigenvalue weighted by Gasteiger charge is 2.33. The van der Waals surface area contributed by atoms with Crippen molar-refractivity contribution < 1.29 is 22.8 Å². The van der Waals surface area contributed by atoms with Gasteiger partial charge in [-0.3, -0.25) is 9.59 Å². The van der Waals surface area contributed by atoms with Crippen LogP contribution in [0.5, 0.6) is 0 Å². The van der Waals surface area contributed by atoms with E-state index < -0.39 is 40.7 Å². The molecular weight excluding hydrogens is 371 g/mol. The van der Waals surface area contributed by atoms with E-state index in [0.29, 0.717) is 25.7 Å². The van der Waals surface area contributed by atoms with Gasteiger partial charge in [-0.05, 0) is 44.9 Å². The van der Waals surface area contributed by atoms with Crippen LogP contribution in [0.25, 0.3) is 10.9 Å². The third kappa shape index (κ3) is 3.33. The predicted molar refractivity (Wildman–Crippen MR) is 98.0 cm³/mol. The second kappa shape index (κ2) is 7.58. The summed E-state index contributed by atoms with van der Waals surface area (Å²) < 4.78 is 44.4. The van der Waals surface area contributed by atoms with Gasteiger partial charge in [-0.2, -0.15) is 0 Å². The average Bonchev–Trinajstić information content (AvgIpc) is 2.91. The molecular formula is C20H20F3N3O2. The number of aromatic nitrogens is 1. The highest BCUT2D eigenvalue weighted by molar-refractivity contribution is 6.06. The van der Waals surface area contributed by atoms with Crippen molar-refractivity contribution >= 4 is 22.7 Å². The van der Waals surface area contributed by atoms with E-state index in [1.807, 2.05) is 0 Å². The van der Waals surface area contributed by atoms with Crippen LogP contribution in [0.15, 0.2) is 0 Å². The van der Waals surface area contributed by atoms with Gasteiger partial charge in [0.2, 0.25) is 0 Å². The molecule has 0 unspecified atom stereocenters. The maximum Gasteiger partial charge on any atom is 0.296 e. The third-order valence-corrected chi connectivity index (χ3v) is 5.18. The van der Waals surface area contributed by atoms with E-state index in [9.17, 15) is 22.8 Å². The first-order chi connectivity index (χ1) is 13.3. The second-order valence-corrected chi connectivity index (χ2v) is 7.00. The van der Waals surface area contributed by atoms with Gasteiger partial charge in [-0.15, -0.1) is 0 Å². The van der Waals surface area contributed by atoms with Crippen molar-refractivity contribution in [3.63, 3.8) is 0 Å². The van der Waals surface area contributed by atoms with Crippen molar-refractivity contribution in [1.29, 1.82) is 0 Å². The molecule has 8 heteroatoms. The van der Waals surface area contributed by atoms with Crippen LogP contribution in [0, 0.1) is 36.2 Å². The molecule has 0 spiro atoms. The number of nitrogens with two attached hydrogens (primary N) is 1. The Balaban J connectivity index is 2.11. The lowest BCUT2D eigenvalue weighted by molar-refractivity contribution is -0.116. The van der Waals surface area contributed by atoms with E-state index in [0.717, 1.165) is 0 Å². The fourth-order valence-electron chi connectivity index (χ4n) is 4.02. The lowest BCUT2D eigenvalue weighted by Crippen LogP contribution is -2.37. The molecule has 0 aliphatic heterocycles. The summed E-state index contributed by atoms with van der Waals surface area (Å²) in [6.45, 7) is 2.95. The van der Waals surface area contributed by atoms with Crippen molar-refractivity contribution in [3.8, 4) is 11.8 Å². The van der Waals surface area contributed by atoms with Crippen molar-refractivity contribution in [2.75, 3.05) is 0 Å². The van der Waals surface area contributed by atoms with Gasteiger partial charge in [0.15, 0.2) is 17.5 Å². The Bertz CT molecular complexity index is 1030. The molecule has 0 radical (unpaired) electrons. The minimum Gasteiger partial charge on any atom is -0.365 e. The maximum atomic E-state index is 15.0. The van der Waals surface area contributed by atoms with Crippen LogP contribution >= 0.6 is 0 Å². The molecule has 2 amide bonds. The van der Waals surface area contributed by atoms with Crippen LogP contribution in [-0.4, -0.2) is 22.8 Å².